The van der Waals surface area contributed by atoms with Gasteiger partial charge in [0.25, 0.3) is 0 Å². The predicted molar refractivity (Wildman–Crippen MR) is 83.9 cm³/mol. The Kier molecular flexibility index (Phi) is 4.13. The van der Waals surface area contributed by atoms with Crippen LogP contribution < -0.4 is 0 Å². The molecular weight excluding hydrogens is 280 g/mol. The summed E-state index contributed by atoms with van der Waals surface area (Å²) in [7, 11) is 0. The average molecular weight is 300 g/mol. The van der Waals surface area contributed by atoms with Crippen molar-refractivity contribution < 1.29 is 14.7 Å². The van der Waals surface area contributed by atoms with Gasteiger partial charge in [-0.25, -0.2) is 4.79 Å². The quantitative estimate of drug-likeness (QED) is 0.948. The molecule has 1 aromatic heterocycles. The highest BCUT2D eigenvalue weighted by Gasteiger charge is 2.19. The number of rotatable bonds is 3. The van der Waals surface area contributed by atoms with Crippen LogP contribution in [0.2, 0.25) is 0 Å². The standard InChI is InChI=1S/C17H20N2O3/c20-16(18-9-5-1-2-6-10-18)12-19-11-14(17(21)22)13-7-3-4-8-15(13)19/h3-4,7-8,11H,1-2,5-6,9-10,12H2,(H,21,22). The van der Waals surface area contributed by atoms with Gasteiger partial charge in [-0.2, -0.15) is 0 Å². The zero-order valence-corrected chi connectivity index (χ0v) is 12.5. The van der Waals surface area contributed by atoms with Crippen LogP contribution in [0.1, 0.15) is 36.0 Å². The Labute approximate surface area is 129 Å². The molecule has 1 saturated heterocycles. The highest BCUT2D eigenvalue weighted by Crippen LogP contribution is 2.22. The van der Waals surface area contributed by atoms with Gasteiger partial charge in [0.05, 0.1) is 5.56 Å². The number of carbonyl (C=O) groups excluding carboxylic acids is 1. The Bertz CT molecular complexity index is 697. The van der Waals surface area contributed by atoms with Crippen LogP contribution in [0.5, 0.6) is 0 Å². The van der Waals surface area contributed by atoms with Crippen molar-refractivity contribution in [3.05, 3.63) is 36.0 Å². The Morgan fingerprint density at radius 1 is 1.05 bits per heavy atom. The summed E-state index contributed by atoms with van der Waals surface area (Å²) in [4.78, 5) is 25.8. The van der Waals surface area contributed by atoms with E-state index in [2.05, 4.69) is 0 Å². The van der Waals surface area contributed by atoms with Gasteiger partial charge in [-0.05, 0) is 18.9 Å². The third-order valence-electron chi connectivity index (χ3n) is 4.28. The fraction of sp³-hybridized carbons (Fsp3) is 0.412. The fourth-order valence-electron chi connectivity index (χ4n) is 3.11. The van der Waals surface area contributed by atoms with Crippen LogP contribution in [0.4, 0.5) is 0 Å². The molecule has 0 atom stereocenters. The molecule has 5 nitrogen and oxygen atoms in total. The van der Waals surface area contributed by atoms with Gasteiger partial charge in [-0.3, -0.25) is 4.79 Å². The van der Waals surface area contributed by atoms with E-state index in [0.717, 1.165) is 31.4 Å². The summed E-state index contributed by atoms with van der Waals surface area (Å²) >= 11 is 0. The number of carboxylic acids is 1. The first kappa shape index (κ1) is 14.6. The number of aromatic nitrogens is 1. The van der Waals surface area contributed by atoms with Crippen molar-refractivity contribution in [2.45, 2.75) is 32.2 Å². The van der Waals surface area contributed by atoms with Gasteiger partial charge in [0.2, 0.25) is 5.91 Å². The minimum atomic E-state index is -0.961. The molecule has 1 aromatic carbocycles. The molecule has 1 N–H and O–H groups in total. The maximum atomic E-state index is 12.5. The zero-order valence-electron chi connectivity index (χ0n) is 12.5. The van der Waals surface area contributed by atoms with E-state index in [1.807, 2.05) is 23.1 Å². The van der Waals surface area contributed by atoms with Crippen LogP contribution >= 0.6 is 0 Å². The molecule has 0 bridgehead atoms. The van der Waals surface area contributed by atoms with E-state index >= 15 is 0 Å². The fourth-order valence-corrected chi connectivity index (χ4v) is 3.11. The van der Waals surface area contributed by atoms with E-state index < -0.39 is 5.97 Å². The maximum absolute atomic E-state index is 12.5. The van der Waals surface area contributed by atoms with Gasteiger partial charge in [-0.15, -0.1) is 0 Å². The van der Waals surface area contributed by atoms with E-state index in [0.29, 0.717) is 5.39 Å². The number of fused-ring (bicyclic) bond motifs is 1. The Balaban J connectivity index is 1.87. The number of likely N-dealkylation sites (tertiary alicyclic amines) is 1. The molecule has 1 aliphatic heterocycles. The van der Waals surface area contributed by atoms with E-state index in [1.165, 1.54) is 12.8 Å². The van der Waals surface area contributed by atoms with Gasteiger partial charge >= 0.3 is 5.97 Å². The molecule has 0 aliphatic carbocycles. The molecule has 2 heterocycles. The number of aromatic carboxylic acids is 1. The molecule has 3 rings (SSSR count). The number of carbonyl (C=O) groups is 2. The smallest absolute Gasteiger partial charge is 0.337 e. The number of hydrogen-bond acceptors (Lipinski definition) is 2. The van der Waals surface area contributed by atoms with Crippen molar-refractivity contribution in [2.75, 3.05) is 13.1 Å². The topological polar surface area (TPSA) is 62.5 Å². The van der Waals surface area contributed by atoms with Crippen molar-refractivity contribution >= 4 is 22.8 Å². The van der Waals surface area contributed by atoms with Crippen molar-refractivity contribution in [2.24, 2.45) is 0 Å². The first-order valence-corrected chi connectivity index (χ1v) is 7.76. The molecule has 22 heavy (non-hydrogen) atoms. The number of hydrogen-bond donors (Lipinski definition) is 1. The summed E-state index contributed by atoms with van der Waals surface area (Å²) in [5.74, 6) is -0.892. The molecule has 1 amide bonds. The van der Waals surface area contributed by atoms with E-state index in [1.54, 1.807) is 16.8 Å². The maximum Gasteiger partial charge on any atom is 0.337 e. The van der Waals surface area contributed by atoms with Crippen LogP contribution in [0, 0.1) is 0 Å². The molecule has 0 radical (unpaired) electrons. The summed E-state index contributed by atoms with van der Waals surface area (Å²) in [6.07, 6.45) is 6.04. The van der Waals surface area contributed by atoms with E-state index in [9.17, 15) is 14.7 Å². The van der Waals surface area contributed by atoms with Crippen molar-refractivity contribution in [3.8, 4) is 0 Å². The summed E-state index contributed by atoms with van der Waals surface area (Å²) in [5.41, 5.74) is 1.04. The molecule has 1 fully saturated rings. The largest absolute Gasteiger partial charge is 0.478 e. The average Bonchev–Trinajstić information content (AvgIpc) is 2.70. The highest BCUT2D eigenvalue weighted by molar-refractivity contribution is 6.03. The Hall–Kier alpha value is -2.30. The van der Waals surface area contributed by atoms with Crippen molar-refractivity contribution in [1.29, 1.82) is 0 Å². The second kappa shape index (κ2) is 6.22. The molecule has 116 valence electrons. The minimum Gasteiger partial charge on any atom is -0.478 e. The Morgan fingerprint density at radius 3 is 2.41 bits per heavy atom. The SMILES string of the molecule is O=C(O)c1cn(CC(=O)N2CCCCCC2)c2ccccc12. The molecule has 2 aromatic rings. The van der Waals surface area contributed by atoms with Gasteiger partial charge in [0.15, 0.2) is 0 Å². The lowest BCUT2D eigenvalue weighted by atomic mass is 10.2. The molecular formula is C17H20N2O3. The molecule has 1 aliphatic rings. The van der Waals surface area contributed by atoms with Gasteiger partial charge < -0.3 is 14.6 Å². The summed E-state index contributed by atoms with van der Waals surface area (Å²) in [6, 6.07) is 7.32. The molecule has 5 heteroatoms. The second-order valence-corrected chi connectivity index (χ2v) is 5.79. The number of amides is 1. The minimum absolute atomic E-state index is 0.0691. The van der Waals surface area contributed by atoms with Crippen LogP contribution in [0.15, 0.2) is 30.5 Å². The van der Waals surface area contributed by atoms with Crippen LogP contribution in [-0.2, 0) is 11.3 Å². The number of benzene rings is 1. The number of para-hydroxylation sites is 1. The summed E-state index contributed by atoms with van der Waals surface area (Å²) < 4.78 is 1.76. The second-order valence-electron chi connectivity index (χ2n) is 5.79. The zero-order chi connectivity index (χ0) is 15.5. The highest BCUT2D eigenvalue weighted by atomic mass is 16.4. The molecule has 0 spiro atoms. The Morgan fingerprint density at radius 2 is 1.73 bits per heavy atom. The van der Waals surface area contributed by atoms with Crippen LogP contribution in [0.25, 0.3) is 10.9 Å². The van der Waals surface area contributed by atoms with Crippen molar-refractivity contribution in [3.63, 3.8) is 0 Å². The first-order chi connectivity index (χ1) is 10.7. The van der Waals surface area contributed by atoms with E-state index in [-0.39, 0.29) is 18.0 Å². The van der Waals surface area contributed by atoms with Gasteiger partial charge in [0, 0.05) is 30.2 Å². The van der Waals surface area contributed by atoms with Crippen LogP contribution in [0.3, 0.4) is 0 Å². The number of carboxylic acid groups (broad SMARTS) is 1. The third-order valence-corrected chi connectivity index (χ3v) is 4.28. The lowest BCUT2D eigenvalue weighted by Crippen LogP contribution is -2.34. The normalized spacial score (nSPS) is 15.7. The first-order valence-electron chi connectivity index (χ1n) is 7.76. The lowest BCUT2D eigenvalue weighted by molar-refractivity contribution is -0.131. The summed E-state index contributed by atoms with van der Waals surface area (Å²) in [6.45, 7) is 1.82. The monoisotopic (exact) mass is 300 g/mol. The lowest BCUT2D eigenvalue weighted by Gasteiger charge is -2.20. The van der Waals surface area contributed by atoms with Gasteiger partial charge in [-0.1, -0.05) is 31.0 Å². The predicted octanol–water partition coefficient (Wildman–Crippen LogP) is 2.74. The van der Waals surface area contributed by atoms with Gasteiger partial charge in [0.1, 0.15) is 6.54 Å². The van der Waals surface area contributed by atoms with Crippen molar-refractivity contribution in [1.82, 2.24) is 9.47 Å². The van der Waals surface area contributed by atoms with Crippen LogP contribution in [-0.4, -0.2) is 39.5 Å². The third kappa shape index (κ3) is 2.84. The number of nitrogens with zero attached hydrogens (tertiary/aromatic N) is 2. The molecule has 0 saturated carbocycles. The summed E-state index contributed by atoms with van der Waals surface area (Å²) in [5, 5.41) is 9.99. The van der Waals surface area contributed by atoms with E-state index in [4.69, 9.17) is 0 Å². The molecule has 0 unspecified atom stereocenters.